The van der Waals surface area contributed by atoms with Gasteiger partial charge in [-0.05, 0) is 38.6 Å². The molecule has 0 radical (unpaired) electrons. The van der Waals surface area contributed by atoms with Crippen LogP contribution >= 0.6 is 0 Å². The monoisotopic (exact) mass is 242 g/mol. The third kappa shape index (κ3) is 7.02. The first-order chi connectivity index (χ1) is 7.72. The SMILES string of the molecule is CCN(CC(C)(C)O)CC(C)(C)CNC1CC1. The Morgan fingerprint density at radius 1 is 1.18 bits per heavy atom. The highest BCUT2D eigenvalue weighted by molar-refractivity contribution is 4.86. The van der Waals surface area contributed by atoms with Crippen molar-refractivity contribution in [2.45, 2.75) is 59.1 Å². The molecule has 1 aliphatic carbocycles. The van der Waals surface area contributed by atoms with Gasteiger partial charge in [0, 0.05) is 25.7 Å². The molecule has 0 saturated heterocycles. The number of hydrogen-bond donors (Lipinski definition) is 2. The molecule has 1 rings (SSSR count). The molecule has 0 atom stereocenters. The fourth-order valence-electron chi connectivity index (χ4n) is 2.20. The zero-order valence-electron chi connectivity index (χ0n) is 12.2. The second kappa shape index (κ2) is 5.68. The lowest BCUT2D eigenvalue weighted by Crippen LogP contribution is -2.46. The summed E-state index contributed by atoms with van der Waals surface area (Å²) in [5, 5.41) is 13.5. The molecule has 0 aromatic rings. The predicted octanol–water partition coefficient (Wildman–Crippen LogP) is 1.86. The van der Waals surface area contributed by atoms with Crippen LogP contribution in [-0.4, -0.2) is 47.8 Å². The van der Waals surface area contributed by atoms with Gasteiger partial charge in [-0.1, -0.05) is 20.8 Å². The minimum Gasteiger partial charge on any atom is -0.389 e. The van der Waals surface area contributed by atoms with Gasteiger partial charge in [-0.2, -0.15) is 0 Å². The molecule has 0 bridgehead atoms. The van der Waals surface area contributed by atoms with Crippen LogP contribution in [0, 0.1) is 5.41 Å². The Morgan fingerprint density at radius 2 is 1.76 bits per heavy atom. The summed E-state index contributed by atoms with van der Waals surface area (Å²) in [6.07, 6.45) is 2.69. The lowest BCUT2D eigenvalue weighted by Gasteiger charge is -2.35. The molecule has 3 heteroatoms. The molecule has 0 aromatic heterocycles. The van der Waals surface area contributed by atoms with E-state index in [0.29, 0.717) is 0 Å². The summed E-state index contributed by atoms with van der Waals surface area (Å²) in [6.45, 7) is 14.4. The molecule has 0 unspecified atom stereocenters. The maximum absolute atomic E-state index is 9.89. The second-order valence-electron chi connectivity index (χ2n) is 6.94. The van der Waals surface area contributed by atoms with Gasteiger partial charge < -0.3 is 15.3 Å². The van der Waals surface area contributed by atoms with Gasteiger partial charge in [0.05, 0.1) is 5.60 Å². The molecule has 0 spiro atoms. The first-order valence-electron chi connectivity index (χ1n) is 6.90. The molecule has 1 fully saturated rings. The average Bonchev–Trinajstić information content (AvgIpc) is 2.94. The molecular formula is C14H30N2O. The van der Waals surface area contributed by atoms with Crippen molar-refractivity contribution in [3.8, 4) is 0 Å². The first-order valence-corrected chi connectivity index (χ1v) is 6.90. The van der Waals surface area contributed by atoms with Crippen LogP contribution in [0.15, 0.2) is 0 Å². The van der Waals surface area contributed by atoms with Crippen molar-refractivity contribution in [3.63, 3.8) is 0 Å². The number of hydrogen-bond acceptors (Lipinski definition) is 3. The minimum absolute atomic E-state index is 0.268. The highest BCUT2D eigenvalue weighted by atomic mass is 16.3. The van der Waals surface area contributed by atoms with E-state index in [0.717, 1.165) is 32.2 Å². The lowest BCUT2D eigenvalue weighted by molar-refractivity contribution is 0.0259. The zero-order valence-corrected chi connectivity index (χ0v) is 12.2. The van der Waals surface area contributed by atoms with Gasteiger partial charge in [0.25, 0.3) is 0 Å². The fourth-order valence-corrected chi connectivity index (χ4v) is 2.20. The number of nitrogens with zero attached hydrogens (tertiary/aromatic N) is 1. The van der Waals surface area contributed by atoms with Crippen LogP contribution in [0.2, 0.25) is 0 Å². The third-order valence-corrected chi connectivity index (χ3v) is 3.16. The van der Waals surface area contributed by atoms with Crippen molar-refractivity contribution in [2.24, 2.45) is 5.41 Å². The van der Waals surface area contributed by atoms with Crippen molar-refractivity contribution < 1.29 is 5.11 Å². The molecule has 1 saturated carbocycles. The molecule has 0 amide bonds. The normalized spacial score (nSPS) is 17.8. The quantitative estimate of drug-likeness (QED) is 0.682. The standard InChI is InChI=1S/C14H30N2O/c1-6-16(11-14(4,5)17)10-13(2,3)9-15-12-7-8-12/h12,15,17H,6-11H2,1-5H3. The van der Waals surface area contributed by atoms with Crippen LogP contribution in [-0.2, 0) is 0 Å². The van der Waals surface area contributed by atoms with Crippen molar-refractivity contribution >= 4 is 0 Å². The van der Waals surface area contributed by atoms with Gasteiger partial charge >= 0.3 is 0 Å². The van der Waals surface area contributed by atoms with Crippen LogP contribution in [0.3, 0.4) is 0 Å². The average molecular weight is 242 g/mol. The summed E-state index contributed by atoms with van der Waals surface area (Å²) < 4.78 is 0. The summed E-state index contributed by atoms with van der Waals surface area (Å²) in [4.78, 5) is 2.34. The molecule has 0 heterocycles. The molecule has 0 aliphatic heterocycles. The van der Waals surface area contributed by atoms with E-state index in [4.69, 9.17) is 0 Å². The van der Waals surface area contributed by atoms with E-state index in [1.165, 1.54) is 12.8 Å². The van der Waals surface area contributed by atoms with Crippen LogP contribution in [0.1, 0.15) is 47.5 Å². The Morgan fingerprint density at radius 3 is 2.18 bits per heavy atom. The minimum atomic E-state index is -0.601. The Hall–Kier alpha value is -0.120. The van der Waals surface area contributed by atoms with E-state index in [9.17, 15) is 5.11 Å². The predicted molar refractivity (Wildman–Crippen MR) is 73.2 cm³/mol. The summed E-state index contributed by atoms with van der Waals surface area (Å²) in [6, 6.07) is 0.777. The lowest BCUT2D eigenvalue weighted by atomic mass is 9.92. The number of rotatable bonds is 8. The van der Waals surface area contributed by atoms with Crippen LogP contribution in [0.25, 0.3) is 0 Å². The first kappa shape index (κ1) is 14.9. The second-order valence-corrected chi connectivity index (χ2v) is 6.94. The third-order valence-electron chi connectivity index (χ3n) is 3.16. The van der Waals surface area contributed by atoms with Crippen molar-refractivity contribution in [3.05, 3.63) is 0 Å². The van der Waals surface area contributed by atoms with Crippen LogP contribution < -0.4 is 5.32 Å². The smallest absolute Gasteiger partial charge is 0.0718 e. The Kier molecular flexibility index (Phi) is 4.99. The molecule has 1 aliphatic rings. The number of nitrogens with one attached hydrogen (secondary N) is 1. The number of likely N-dealkylation sites (N-methyl/N-ethyl adjacent to an activating group) is 1. The fraction of sp³-hybridized carbons (Fsp3) is 1.00. The van der Waals surface area contributed by atoms with Gasteiger partial charge in [-0.15, -0.1) is 0 Å². The Bertz CT molecular complexity index is 229. The van der Waals surface area contributed by atoms with Gasteiger partial charge in [-0.3, -0.25) is 0 Å². The maximum atomic E-state index is 9.89. The molecule has 102 valence electrons. The zero-order chi connectivity index (χ0) is 13.1. The summed E-state index contributed by atoms with van der Waals surface area (Å²) in [5.74, 6) is 0. The van der Waals surface area contributed by atoms with Gasteiger partial charge in [0.1, 0.15) is 0 Å². The maximum Gasteiger partial charge on any atom is 0.0718 e. The van der Waals surface area contributed by atoms with Crippen LogP contribution in [0.5, 0.6) is 0 Å². The highest BCUT2D eigenvalue weighted by Crippen LogP contribution is 2.23. The van der Waals surface area contributed by atoms with Crippen molar-refractivity contribution in [1.29, 1.82) is 0 Å². The summed E-state index contributed by atoms with van der Waals surface area (Å²) >= 11 is 0. The molecule has 3 nitrogen and oxygen atoms in total. The summed E-state index contributed by atoms with van der Waals surface area (Å²) in [7, 11) is 0. The van der Waals surface area contributed by atoms with Gasteiger partial charge in [0.15, 0.2) is 0 Å². The van der Waals surface area contributed by atoms with Crippen molar-refractivity contribution in [2.75, 3.05) is 26.2 Å². The Labute approximate surface area is 107 Å². The van der Waals surface area contributed by atoms with E-state index in [2.05, 4.69) is 31.0 Å². The summed E-state index contributed by atoms with van der Waals surface area (Å²) in [5.41, 5.74) is -0.333. The van der Waals surface area contributed by atoms with Crippen molar-refractivity contribution in [1.82, 2.24) is 10.2 Å². The molecule has 2 N–H and O–H groups in total. The molecule has 0 aromatic carbocycles. The molecule has 17 heavy (non-hydrogen) atoms. The van der Waals surface area contributed by atoms with E-state index in [1.54, 1.807) is 0 Å². The van der Waals surface area contributed by atoms with Gasteiger partial charge in [-0.25, -0.2) is 0 Å². The molecular weight excluding hydrogens is 212 g/mol. The van der Waals surface area contributed by atoms with E-state index in [-0.39, 0.29) is 5.41 Å². The van der Waals surface area contributed by atoms with Crippen LogP contribution in [0.4, 0.5) is 0 Å². The van der Waals surface area contributed by atoms with E-state index < -0.39 is 5.60 Å². The Balaban J connectivity index is 2.35. The van der Waals surface area contributed by atoms with E-state index >= 15 is 0 Å². The largest absolute Gasteiger partial charge is 0.389 e. The highest BCUT2D eigenvalue weighted by Gasteiger charge is 2.28. The van der Waals surface area contributed by atoms with Gasteiger partial charge in [0.2, 0.25) is 0 Å². The van der Waals surface area contributed by atoms with E-state index in [1.807, 2.05) is 13.8 Å². The number of aliphatic hydroxyl groups is 1. The topological polar surface area (TPSA) is 35.5 Å².